The third-order valence-corrected chi connectivity index (χ3v) is 9.11. The van der Waals surface area contributed by atoms with Gasteiger partial charge in [0.2, 0.25) is 0 Å². The summed E-state index contributed by atoms with van der Waals surface area (Å²) in [4.78, 5) is 12.5. The van der Waals surface area contributed by atoms with E-state index in [9.17, 15) is 4.79 Å². The molecule has 0 amide bonds. The van der Waals surface area contributed by atoms with Crippen molar-refractivity contribution in [3.63, 3.8) is 0 Å². The molecule has 122 valence electrons. The Labute approximate surface area is 134 Å². The van der Waals surface area contributed by atoms with Crippen LogP contribution in [0.4, 0.5) is 0 Å². The number of ketones is 1. The van der Waals surface area contributed by atoms with Gasteiger partial charge in [-0.25, -0.2) is 0 Å². The summed E-state index contributed by atoms with van der Waals surface area (Å²) >= 11 is 0. The average molecular weight is 302 g/mol. The minimum atomic E-state index is -0.128. The predicted octanol–water partition coefficient (Wildman–Crippen LogP) is 4.37. The van der Waals surface area contributed by atoms with Gasteiger partial charge in [-0.3, -0.25) is 4.79 Å². The van der Waals surface area contributed by atoms with E-state index < -0.39 is 0 Å². The van der Waals surface area contributed by atoms with Gasteiger partial charge in [0, 0.05) is 11.8 Å². The highest BCUT2D eigenvalue weighted by Gasteiger charge is 2.74. The number of rotatable bonds is 0. The minimum absolute atomic E-state index is 0.128. The highest BCUT2D eigenvalue weighted by Crippen LogP contribution is 2.76. The third-order valence-electron chi connectivity index (χ3n) is 9.11. The van der Waals surface area contributed by atoms with E-state index in [0.717, 1.165) is 18.8 Å². The molecule has 4 saturated carbocycles. The fourth-order valence-corrected chi connectivity index (χ4v) is 8.47. The van der Waals surface area contributed by atoms with Gasteiger partial charge in [0.15, 0.2) is 0 Å². The molecule has 0 N–H and O–H groups in total. The summed E-state index contributed by atoms with van der Waals surface area (Å²) in [6.45, 7) is 9.35. The zero-order valence-corrected chi connectivity index (χ0v) is 14.6. The van der Waals surface area contributed by atoms with Crippen LogP contribution in [0.15, 0.2) is 0 Å². The van der Waals surface area contributed by atoms with E-state index in [1.807, 2.05) is 0 Å². The summed E-state index contributed by atoms with van der Waals surface area (Å²) in [7, 11) is 0. The Morgan fingerprint density at radius 1 is 1.14 bits per heavy atom. The Kier molecular flexibility index (Phi) is 2.33. The van der Waals surface area contributed by atoms with E-state index in [2.05, 4.69) is 27.7 Å². The molecular formula is C20H30O2. The molecular weight excluding hydrogens is 272 g/mol. The van der Waals surface area contributed by atoms with Crippen molar-refractivity contribution < 1.29 is 9.53 Å². The summed E-state index contributed by atoms with van der Waals surface area (Å²) in [5, 5.41) is 0. The fourth-order valence-electron chi connectivity index (χ4n) is 8.47. The molecule has 6 aliphatic rings. The smallest absolute Gasteiger partial charge is 0.138 e. The lowest BCUT2D eigenvalue weighted by Crippen LogP contribution is -2.62. The molecule has 7 atom stereocenters. The first-order valence-corrected chi connectivity index (χ1v) is 9.42. The van der Waals surface area contributed by atoms with Crippen molar-refractivity contribution in [3.05, 3.63) is 0 Å². The van der Waals surface area contributed by atoms with Gasteiger partial charge < -0.3 is 4.74 Å². The Hall–Kier alpha value is -0.370. The molecule has 4 aliphatic carbocycles. The Balaban J connectivity index is 1.61. The maximum Gasteiger partial charge on any atom is 0.138 e. The molecule has 2 nitrogen and oxygen atoms in total. The number of carbonyl (C=O) groups excluding carboxylic acids is 1. The second kappa shape index (κ2) is 3.66. The van der Waals surface area contributed by atoms with Crippen LogP contribution in [0.25, 0.3) is 0 Å². The van der Waals surface area contributed by atoms with Crippen LogP contribution >= 0.6 is 0 Å². The quantitative estimate of drug-likeness (QED) is 0.664. The standard InChI is InChI=1S/C20H30O2/c1-17(2)14-5-8-20-10-12-9-13(22-19(12,4)11-20)16(20)18(14,3)7-6-15(17)21/h12-14,16H,5-11H2,1-4H3/t12-,13+,14-,16+,18-,19+,20+/m1/s1. The zero-order chi connectivity index (χ0) is 15.5. The molecule has 6 rings (SSSR count). The number of ether oxygens (including phenoxy) is 1. The molecule has 0 radical (unpaired) electrons. The fraction of sp³-hybridized carbons (Fsp3) is 0.950. The van der Waals surface area contributed by atoms with Gasteiger partial charge in [0.1, 0.15) is 5.78 Å². The average Bonchev–Trinajstić information content (AvgIpc) is 2.76. The van der Waals surface area contributed by atoms with Crippen LogP contribution in [0.3, 0.4) is 0 Å². The molecule has 0 aromatic rings. The van der Waals surface area contributed by atoms with Gasteiger partial charge in [0.25, 0.3) is 0 Å². The number of carbonyl (C=O) groups is 1. The third kappa shape index (κ3) is 1.33. The van der Waals surface area contributed by atoms with E-state index >= 15 is 0 Å². The molecule has 0 aromatic heterocycles. The number of Topliss-reactive ketones (excluding diaryl/α,β-unsaturated/α-hetero) is 1. The van der Waals surface area contributed by atoms with Crippen molar-refractivity contribution >= 4 is 5.78 Å². The van der Waals surface area contributed by atoms with Crippen LogP contribution in [0.1, 0.15) is 72.6 Å². The van der Waals surface area contributed by atoms with E-state index in [4.69, 9.17) is 4.74 Å². The van der Waals surface area contributed by atoms with Crippen molar-refractivity contribution in [2.24, 2.45) is 34.0 Å². The Morgan fingerprint density at radius 3 is 2.64 bits per heavy atom. The van der Waals surface area contributed by atoms with Gasteiger partial charge >= 0.3 is 0 Å². The van der Waals surface area contributed by atoms with E-state index in [0.29, 0.717) is 34.6 Å². The predicted molar refractivity (Wildman–Crippen MR) is 85.4 cm³/mol. The first-order valence-electron chi connectivity index (χ1n) is 9.42. The first kappa shape index (κ1) is 14.0. The second-order valence-electron chi connectivity index (χ2n) is 10.4. The summed E-state index contributed by atoms with van der Waals surface area (Å²) in [5.74, 6) is 2.58. The van der Waals surface area contributed by atoms with Gasteiger partial charge in [0.05, 0.1) is 11.7 Å². The van der Waals surface area contributed by atoms with Crippen LogP contribution in [0.2, 0.25) is 0 Å². The molecule has 2 aliphatic heterocycles. The lowest BCUT2D eigenvalue weighted by atomic mass is 9.40. The molecule has 0 unspecified atom stereocenters. The van der Waals surface area contributed by atoms with Gasteiger partial charge in [-0.1, -0.05) is 20.8 Å². The van der Waals surface area contributed by atoms with Crippen LogP contribution in [-0.2, 0) is 9.53 Å². The number of hydrogen-bond donors (Lipinski definition) is 0. The molecule has 2 heteroatoms. The number of fused-ring (bicyclic) bond motifs is 1. The molecule has 2 heterocycles. The van der Waals surface area contributed by atoms with Crippen LogP contribution < -0.4 is 0 Å². The first-order chi connectivity index (χ1) is 10.2. The van der Waals surface area contributed by atoms with Crippen molar-refractivity contribution in [3.8, 4) is 0 Å². The second-order valence-corrected chi connectivity index (χ2v) is 10.4. The molecule has 22 heavy (non-hydrogen) atoms. The van der Waals surface area contributed by atoms with Crippen molar-refractivity contribution in [1.82, 2.24) is 0 Å². The van der Waals surface area contributed by atoms with E-state index in [1.165, 1.54) is 32.1 Å². The van der Waals surface area contributed by atoms with Crippen molar-refractivity contribution in [2.75, 3.05) is 0 Å². The monoisotopic (exact) mass is 302 g/mol. The van der Waals surface area contributed by atoms with Gasteiger partial charge in [-0.15, -0.1) is 0 Å². The Morgan fingerprint density at radius 2 is 1.91 bits per heavy atom. The zero-order valence-electron chi connectivity index (χ0n) is 14.6. The molecule has 1 spiro atoms. The maximum absolute atomic E-state index is 12.5. The summed E-state index contributed by atoms with van der Waals surface area (Å²) in [6, 6.07) is 0. The molecule has 2 saturated heterocycles. The van der Waals surface area contributed by atoms with Crippen LogP contribution in [-0.4, -0.2) is 17.5 Å². The molecule has 6 fully saturated rings. The minimum Gasteiger partial charge on any atom is -0.371 e. The maximum atomic E-state index is 12.5. The summed E-state index contributed by atoms with van der Waals surface area (Å²) in [6.07, 6.45) is 8.98. The normalized spacial score (nSPS) is 61.2. The highest BCUT2D eigenvalue weighted by atomic mass is 16.5. The SMILES string of the molecule is CC1(C)C(=O)CC[C@]2(C)[C@@H]1CC[C@]13C[C@H]4C[C@H](O[C@@]4(C)C1)[C@H]32. The van der Waals surface area contributed by atoms with Crippen molar-refractivity contribution in [1.29, 1.82) is 0 Å². The lowest BCUT2D eigenvalue weighted by molar-refractivity contribution is -0.222. The number of hydrogen-bond acceptors (Lipinski definition) is 2. The Bertz CT molecular complexity index is 566. The lowest BCUT2D eigenvalue weighted by Gasteiger charge is -2.65. The largest absolute Gasteiger partial charge is 0.371 e. The topological polar surface area (TPSA) is 26.3 Å². The van der Waals surface area contributed by atoms with E-state index in [-0.39, 0.29) is 11.0 Å². The molecule has 4 bridgehead atoms. The van der Waals surface area contributed by atoms with Crippen molar-refractivity contribution in [2.45, 2.75) is 84.3 Å². The summed E-state index contributed by atoms with van der Waals surface area (Å²) in [5.41, 5.74) is 0.917. The van der Waals surface area contributed by atoms with Crippen LogP contribution in [0.5, 0.6) is 0 Å². The van der Waals surface area contributed by atoms with Gasteiger partial charge in [-0.05, 0) is 74.0 Å². The highest BCUT2D eigenvalue weighted by molar-refractivity contribution is 5.85. The van der Waals surface area contributed by atoms with Crippen LogP contribution in [0, 0.1) is 34.0 Å². The van der Waals surface area contributed by atoms with Gasteiger partial charge in [-0.2, -0.15) is 0 Å². The molecule has 0 aromatic carbocycles. The van der Waals surface area contributed by atoms with E-state index in [1.54, 1.807) is 0 Å². The summed E-state index contributed by atoms with van der Waals surface area (Å²) < 4.78 is 6.63.